The molecule has 3 rings (SSSR count). The van der Waals surface area contributed by atoms with E-state index in [9.17, 15) is 0 Å². The lowest BCUT2D eigenvalue weighted by molar-refractivity contribution is 0.976. The number of fused-ring (bicyclic) bond motifs is 2. The minimum absolute atomic E-state index is 0.646. The quantitative estimate of drug-likeness (QED) is 0.788. The van der Waals surface area contributed by atoms with E-state index in [0.717, 1.165) is 25.1 Å². The Labute approximate surface area is 113 Å². The largest absolute Gasteiger partial charge is 0.384 e. The van der Waals surface area contributed by atoms with Gasteiger partial charge in [0, 0.05) is 30.2 Å². The Morgan fingerprint density at radius 2 is 1.79 bits per heavy atom. The Hall–Kier alpha value is -2.00. The fraction of sp³-hybridized carbons (Fsp3) is 0.250. The number of hydrogen-bond donors (Lipinski definition) is 3. The highest BCUT2D eigenvalue weighted by atomic mass is 14.9. The lowest BCUT2D eigenvalue weighted by Gasteiger charge is -2.12. The van der Waals surface area contributed by atoms with Crippen LogP contribution in [0.25, 0.3) is 0 Å². The van der Waals surface area contributed by atoms with Crippen LogP contribution in [0.15, 0.2) is 42.5 Å². The summed E-state index contributed by atoms with van der Waals surface area (Å²) in [6.07, 6.45) is 2.17. The Morgan fingerprint density at radius 1 is 1.00 bits per heavy atom. The first-order chi connectivity index (χ1) is 9.36. The first-order valence-corrected chi connectivity index (χ1v) is 6.78. The number of benzene rings is 2. The van der Waals surface area contributed by atoms with Gasteiger partial charge in [0.1, 0.15) is 0 Å². The van der Waals surface area contributed by atoms with E-state index in [-0.39, 0.29) is 0 Å². The summed E-state index contributed by atoms with van der Waals surface area (Å²) in [7, 11) is 0. The van der Waals surface area contributed by atoms with Gasteiger partial charge in [-0.3, -0.25) is 0 Å². The predicted octanol–water partition coefficient (Wildman–Crippen LogP) is 2.90. The van der Waals surface area contributed by atoms with Crippen molar-refractivity contribution in [3.05, 3.63) is 53.6 Å². The molecule has 2 aromatic carbocycles. The number of aryl methyl sites for hydroxylation is 2. The SMILES string of the molecule is NCCNc1ccc2c(c1)Nc1ccccc1CC2. The van der Waals surface area contributed by atoms with Crippen LogP contribution in [0, 0.1) is 0 Å². The van der Waals surface area contributed by atoms with E-state index in [2.05, 4.69) is 53.1 Å². The molecule has 0 saturated carbocycles. The van der Waals surface area contributed by atoms with Gasteiger partial charge in [-0.2, -0.15) is 0 Å². The van der Waals surface area contributed by atoms with Crippen LogP contribution in [0.5, 0.6) is 0 Å². The monoisotopic (exact) mass is 253 g/mol. The standard InChI is InChI=1S/C16H19N3/c17-9-10-18-14-8-7-13-6-5-12-3-1-2-4-15(12)19-16(13)11-14/h1-4,7-8,11,18-19H,5-6,9-10,17H2. The molecule has 0 radical (unpaired) electrons. The second-order valence-corrected chi connectivity index (χ2v) is 4.87. The lowest BCUT2D eigenvalue weighted by atomic mass is 10.0. The molecule has 3 nitrogen and oxygen atoms in total. The molecule has 0 spiro atoms. The van der Waals surface area contributed by atoms with Crippen molar-refractivity contribution in [3.63, 3.8) is 0 Å². The van der Waals surface area contributed by atoms with Gasteiger partial charge in [0.05, 0.1) is 0 Å². The number of nitrogens with one attached hydrogen (secondary N) is 2. The summed E-state index contributed by atoms with van der Waals surface area (Å²) >= 11 is 0. The molecule has 1 aliphatic heterocycles. The molecule has 0 atom stereocenters. The Balaban J connectivity index is 1.91. The highest BCUT2D eigenvalue weighted by Gasteiger charge is 2.12. The van der Waals surface area contributed by atoms with E-state index < -0.39 is 0 Å². The molecule has 1 heterocycles. The highest BCUT2D eigenvalue weighted by molar-refractivity contribution is 5.71. The van der Waals surface area contributed by atoms with Crippen LogP contribution in [0.2, 0.25) is 0 Å². The maximum absolute atomic E-state index is 5.52. The third-order valence-electron chi connectivity index (χ3n) is 3.53. The van der Waals surface area contributed by atoms with Gasteiger partial charge in [-0.25, -0.2) is 0 Å². The van der Waals surface area contributed by atoms with Gasteiger partial charge in [0.15, 0.2) is 0 Å². The summed E-state index contributed by atoms with van der Waals surface area (Å²) in [6, 6.07) is 15.0. The van der Waals surface area contributed by atoms with Crippen LogP contribution in [0.1, 0.15) is 11.1 Å². The number of rotatable bonds is 3. The fourth-order valence-corrected chi connectivity index (χ4v) is 2.51. The van der Waals surface area contributed by atoms with Crippen LogP contribution in [-0.2, 0) is 12.8 Å². The number of hydrogen-bond acceptors (Lipinski definition) is 3. The minimum atomic E-state index is 0.646. The molecule has 0 aromatic heterocycles. The zero-order valence-corrected chi connectivity index (χ0v) is 10.9. The van der Waals surface area contributed by atoms with Crippen LogP contribution in [0.3, 0.4) is 0 Å². The van der Waals surface area contributed by atoms with E-state index >= 15 is 0 Å². The highest BCUT2D eigenvalue weighted by Crippen LogP contribution is 2.31. The van der Waals surface area contributed by atoms with E-state index in [1.54, 1.807) is 0 Å². The van der Waals surface area contributed by atoms with E-state index in [0.29, 0.717) is 6.54 Å². The third kappa shape index (κ3) is 2.56. The second-order valence-electron chi connectivity index (χ2n) is 4.87. The Kier molecular flexibility index (Phi) is 3.38. The molecular formula is C16H19N3. The van der Waals surface area contributed by atoms with Crippen molar-refractivity contribution in [3.8, 4) is 0 Å². The van der Waals surface area contributed by atoms with Gasteiger partial charge in [0.2, 0.25) is 0 Å². The molecule has 0 aliphatic carbocycles. The van der Waals surface area contributed by atoms with Crippen molar-refractivity contribution in [2.24, 2.45) is 5.73 Å². The zero-order valence-electron chi connectivity index (χ0n) is 10.9. The van der Waals surface area contributed by atoms with Crippen molar-refractivity contribution < 1.29 is 0 Å². The van der Waals surface area contributed by atoms with E-state index in [1.165, 1.54) is 22.5 Å². The number of anilines is 3. The summed E-state index contributed by atoms with van der Waals surface area (Å²) in [5, 5.41) is 6.87. The van der Waals surface area contributed by atoms with Gasteiger partial charge < -0.3 is 16.4 Å². The van der Waals surface area contributed by atoms with Gasteiger partial charge in [-0.1, -0.05) is 24.3 Å². The fourth-order valence-electron chi connectivity index (χ4n) is 2.51. The van der Waals surface area contributed by atoms with Crippen LogP contribution in [0.4, 0.5) is 17.1 Å². The summed E-state index contributed by atoms with van der Waals surface area (Å²) in [5.41, 5.74) is 11.8. The molecular weight excluding hydrogens is 234 g/mol. The van der Waals surface area contributed by atoms with Crippen molar-refractivity contribution in [1.29, 1.82) is 0 Å². The molecule has 0 bridgehead atoms. The van der Waals surface area contributed by atoms with Crippen molar-refractivity contribution >= 4 is 17.1 Å². The molecule has 98 valence electrons. The molecule has 0 fully saturated rings. The second kappa shape index (κ2) is 5.33. The van der Waals surface area contributed by atoms with Crippen molar-refractivity contribution in [1.82, 2.24) is 0 Å². The Morgan fingerprint density at radius 3 is 2.63 bits per heavy atom. The normalized spacial score (nSPS) is 12.9. The van der Waals surface area contributed by atoms with Gasteiger partial charge >= 0.3 is 0 Å². The summed E-state index contributed by atoms with van der Waals surface area (Å²) in [6.45, 7) is 1.45. The van der Waals surface area contributed by atoms with Crippen molar-refractivity contribution in [2.75, 3.05) is 23.7 Å². The van der Waals surface area contributed by atoms with E-state index in [1.807, 2.05) is 0 Å². The first kappa shape index (κ1) is 12.1. The molecule has 0 unspecified atom stereocenters. The summed E-state index contributed by atoms with van der Waals surface area (Å²) in [4.78, 5) is 0. The topological polar surface area (TPSA) is 50.1 Å². The van der Waals surface area contributed by atoms with Crippen LogP contribution < -0.4 is 16.4 Å². The average Bonchev–Trinajstić information content (AvgIpc) is 2.63. The Bertz CT molecular complexity index is 578. The molecule has 3 heteroatoms. The number of para-hydroxylation sites is 1. The summed E-state index contributed by atoms with van der Waals surface area (Å²) < 4.78 is 0. The van der Waals surface area contributed by atoms with Gasteiger partial charge in [0.25, 0.3) is 0 Å². The molecule has 0 amide bonds. The van der Waals surface area contributed by atoms with Crippen molar-refractivity contribution in [2.45, 2.75) is 12.8 Å². The zero-order chi connectivity index (χ0) is 13.1. The molecule has 19 heavy (non-hydrogen) atoms. The van der Waals surface area contributed by atoms with Gasteiger partial charge in [-0.05, 0) is 42.2 Å². The predicted molar refractivity (Wildman–Crippen MR) is 81.1 cm³/mol. The number of nitrogens with two attached hydrogens (primary N) is 1. The summed E-state index contributed by atoms with van der Waals surface area (Å²) in [5.74, 6) is 0. The molecule has 1 aliphatic rings. The molecule has 0 saturated heterocycles. The average molecular weight is 253 g/mol. The van der Waals surface area contributed by atoms with Crippen LogP contribution >= 0.6 is 0 Å². The van der Waals surface area contributed by atoms with Crippen LogP contribution in [-0.4, -0.2) is 13.1 Å². The maximum atomic E-state index is 5.52. The van der Waals surface area contributed by atoms with Gasteiger partial charge in [-0.15, -0.1) is 0 Å². The first-order valence-electron chi connectivity index (χ1n) is 6.78. The molecule has 2 aromatic rings. The lowest BCUT2D eigenvalue weighted by Crippen LogP contribution is -2.13. The minimum Gasteiger partial charge on any atom is -0.384 e. The molecule has 4 N–H and O–H groups in total. The third-order valence-corrected chi connectivity index (χ3v) is 3.53. The van der Waals surface area contributed by atoms with E-state index in [4.69, 9.17) is 5.73 Å². The maximum Gasteiger partial charge on any atom is 0.0437 e. The smallest absolute Gasteiger partial charge is 0.0437 e.